The van der Waals surface area contributed by atoms with Crippen molar-refractivity contribution in [1.82, 2.24) is 4.98 Å². The highest BCUT2D eigenvalue weighted by atomic mass is 35.5. The molecule has 0 aliphatic heterocycles. The van der Waals surface area contributed by atoms with Gasteiger partial charge in [-0.2, -0.15) is 0 Å². The van der Waals surface area contributed by atoms with E-state index in [1.807, 2.05) is 0 Å². The number of hydrogen-bond donors (Lipinski definition) is 2. The SMILES string of the molecule is CC(=O)Nc1nc(C(=O)OCC(=O)Nc2ccc(Cl)cc2)cs1. The number of carbonyl (C=O) groups excluding carboxylic acids is 3. The number of halogens is 1. The number of carbonyl (C=O) groups is 3. The van der Waals surface area contributed by atoms with E-state index in [4.69, 9.17) is 16.3 Å². The van der Waals surface area contributed by atoms with Crippen molar-refractivity contribution in [1.29, 1.82) is 0 Å². The summed E-state index contributed by atoms with van der Waals surface area (Å²) in [5.41, 5.74) is 0.565. The molecular weight excluding hydrogens is 342 g/mol. The Bertz CT molecular complexity index is 730. The lowest BCUT2D eigenvalue weighted by atomic mass is 10.3. The summed E-state index contributed by atoms with van der Waals surface area (Å²) in [4.78, 5) is 38.2. The van der Waals surface area contributed by atoms with Crippen LogP contribution in [0, 0.1) is 0 Å². The van der Waals surface area contributed by atoms with E-state index in [1.54, 1.807) is 24.3 Å². The maximum Gasteiger partial charge on any atom is 0.358 e. The number of thiazole rings is 1. The molecule has 0 saturated carbocycles. The highest BCUT2D eigenvalue weighted by Crippen LogP contribution is 2.16. The lowest BCUT2D eigenvalue weighted by Gasteiger charge is -2.05. The minimum Gasteiger partial charge on any atom is -0.451 e. The molecule has 0 unspecified atom stereocenters. The van der Waals surface area contributed by atoms with Crippen LogP contribution in [0.4, 0.5) is 10.8 Å². The minimum absolute atomic E-state index is 0.0260. The normalized spacial score (nSPS) is 10.0. The van der Waals surface area contributed by atoms with E-state index >= 15 is 0 Å². The molecule has 0 spiro atoms. The second kappa shape index (κ2) is 7.70. The molecule has 2 amide bonds. The molecule has 1 aromatic heterocycles. The van der Waals surface area contributed by atoms with Gasteiger partial charge in [-0.15, -0.1) is 11.3 Å². The van der Waals surface area contributed by atoms with Gasteiger partial charge in [-0.1, -0.05) is 11.6 Å². The molecule has 0 saturated heterocycles. The van der Waals surface area contributed by atoms with E-state index in [1.165, 1.54) is 12.3 Å². The van der Waals surface area contributed by atoms with Crippen molar-refractivity contribution in [3.8, 4) is 0 Å². The Morgan fingerprint density at radius 3 is 2.57 bits per heavy atom. The van der Waals surface area contributed by atoms with Crippen LogP contribution in [0.25, 0.3) is 0 Å². The Hall–Kier alpha value is -2.45. The molecule has 2 rings (SSSR count). The lowest BCUT2D eigenvalue weighted by molar-refractivity contribution is -0.119. The standard InChI is InChI=1S/C14H12ClN3O4S/c1-8(19)16-14-18-11(7-23-14)13(21)22-6-12(20)17-10-4-2-9(15)3-5-10/h2-5,7H,6H2,1H3,(H,17,20)(H,16,18,19). The second-order valence-corrected chi connectivity index (χ2v) is 5.64. The fourth-order valence-electron chi connectivity index (χ4n) is 1.51. The van der Waals surface area contributed by atoms with Gasteiger partial charge in [0.1, 0.15) is 0 Å². The third kappa shape index (κ3) is 5.35. The molecule has 1 heterocycles. The second-order valence-electron chi connectivity index (χ2n) is 4.35. The van der Waals surface area contributed by atoms with Crippen molar-refractivity contribution in [3.63, 3.8) is 0 Å². The first-order chi connectivity index (χ1) is 10.9. The summed E-state index contributed by atoms with van der Waals surface area (Å²) < 4.78 is 4.86. The van der Waals surface area contributed by atoms with Crippen molar-refractivity contribution < 1.29 is 19.1 Å². The van der Waals surface area contributed by atoms with Crippen molar-refractivity contribution in [3.05, 3.63) is 40.4 Å². The van der Waals surface area contributed by atoms with Crippen LogP contribution in [-0.2, 0) is 14.3 Å². The number of nitrogens with one attached hydrogen (secondary N) is 2. The van der Waals surface area contributed by atoms with E-state index in [0.29, 0.717) is 10.7 Å². The third-order valence-corrected chi connectivity index (χ3v) is 3.47. The highest BCUT2D eigenvalue weighted by Gasteiger charge is 2.14. The summed E-state index contributed by atoms with van der Waals surface area (Å²) in [6, 6.07) is 6.51. The first-order valence-electron chi connectivity index (χ1n) is 6.39. The first kappa shape index (κ1) is 16.9. The summed E-state index contributed by atoms with van der Waals surface area (Å²) in [6.07, 6.45) is 0. The summed E-state index contributed by atoms with van der Waals surface area (Å²) in [6.45, 7) is 0.884. The fraction of sp³-hybridized carbons (Fsp3) is 0.143. The maximum atomic E-state index is 11.8. The molecule has 7 nitrogen and oxygen atoms in total. The first-order valence-corrected chi connectivity index (χ1v) is 7.65. The van der Waals surface area contributed by atoms with Crippen molar-refractivity contribution >= 4 is 51.5 Å². The number of esters is 1. The molecule has 0 radical (unpaired) electrons. The van der Waals surface area contributed by atoms with Gasteiger partial charge in [0, 0.05) is 23.0 Å². The molecule has 0 aliphatic carbocycles. The smallest absolute Gasteiger partial charge is 0.358 e. The molecule has 0 aliphatic rings. The van der Waals surface area contributed by atoms with Gasteiger partial charge in [-0.3, -0.25) is 9.59 Å². The molecule has 0 fully saturated rings. The van der Waals surface area contributed by atoms with Crippen LogP contribution >= 0.6 is 22.9 Å². The summed E-state index contributed by atoms with van der Waals surface area (Å²) >= 11 is 6.83. The van der Waals surface area contributed by atoms with Crippen LogP contribution < -0.4 is 10.6 Å². The van der Waals surface area contributed by atoms with Crippen LogP contribution in [0.1, 0.15) is 17.4 Å². The molecule has 2 N–H and O–H groups in total. The summed E-state index contributed by atoms with van der Waals surface area (Å²) in [7, 11) is 0. The summed E-state index contributed by atoms with van der Waals surface area (Å²) in [5.74, 6) is -1.52. The number of rotatable bonds is 5. The average molecular weight is 354 g/mol. The van der Waals surface area contributed by atoms with Gasteiger partial charge >= 0.3 is 5.97 Å². The number of anilines is 2. The van der Waals surface area contributed by atoms with Crippen molar-refractivity contribution in [2.24, 2.45) is 0 Å². The Kier molecular flexibility index (Phi) is 5.67. The van der Waals surface area contributed by atoms with Gasteiger partial charge in [0.2, 0.25) is 5.91 Å². The van der Waals surface area contributed by atoms with Crippen LogP contribution in [-0.4, -0.2) is 29.4 Å². The number of hydrogen-bond acceptors (Lipinski definition) is 6. The molecule has 120 valence electrons. The van der Waals surface area contributed by atoms with E-state index in [0.717, 1.165) is 11.3 Å². The number of aromatic nitrogens is 1. The lowest BCUT2D eigenvalue weighted by Crippen LogP contribution is -2.21. The van der Waals surface area contributed by atoms with Crippen molar-refractivity contribution in [2.75, 3.05) is 17.2 Å². The van der Waals surface area contributed by atoms with Crippen molar-refractivity contribution in [2.45, 2.75) is 6.92 Å². The van der Waals surface area contributed by atoms with Gasteiger partial charge in [0.15, 0.2) is 17.4 Å². The predicted molar refractivity (Wildman–Crippen MR) is 86.8 cm³/mol. The van der Waals surface area contributed by atoms with E-state index in [9.17, 15) is 14.4 Å². The molecule has 0 atom stereocenters. The topological polar surface area (TPSA) is 97.4 Å². The highest BCUT2D eigenvalue weighted by molar-refractivity contribution is 7.14. The number of nitrogens with zero attached hydrogens (tertiary/aromatic N) is 1. The van der Waals surface area contributed by atoms with E-state index in [2.05, 4.69) is 15.6 Å². The number of ether oxygens (including phenoxy) is 1. The zero-order chi connectivity index (χ0) is 16.8. The Morgan fingerprint density at radius 2 is 1.91 bits per heavy atom. The zero-order valence-electron chi connectivity index (χ0n) is 12.0. The van der Waals surface area contributed by atoms with Gasteiger partial charge in [0.05, 0.1) is 0 Å². The largest absolute Gasteiger partial charge is 0.451 e. The maximum absolute atomic E-state index is 11.8. The summed E-state index contributed by atoms with van der Waals surface area (Å²) in [5, 5.41) is 7.28. The van der Waals surface area contributed by atoms with Crippen LogP contribution in [0.3, 0.4) is 0 Å². The Labute approximate surface area is 140 Å². The Balaban J connectivity index is 1.83. The predicted octanol–water partition coefficient (Wildman–Crippen LogP) is 2.55. The molecule has 2 aromatic rings. The van der Waals surface area contributed by atoms with E-state index < -0.39 is 18.5 Å². The van der Waals surface area contributed by atoms with Gasteiger partial charge in [-0.25, -0.2) is 9.78 Å². The molecule has 1 aromatic carbocycles. The van der Waals surface area contributed by atoms with Gasteiger partial charge in [0.25, 0.3) is 5.91 Å². The monoisotopic (exact) mass is 353 g/mol. The third-order valence-electron chi connectivity index (χ3n) is 2.46. The van der Waals surface area contributed by atoms with Crippen LogP contribution in [0.15, 0.2) is 29.6 Å². The molecular formula is C14H12ClN3O4S. The zero-order valence-corrected chi connectivity index (χ0v) is 13.5. The van der Waals surface area contributed by atoms with E-state index in [-0.39, 0.29) is 16.7 Å². The fourth-order valence-corrected chi connectivity index (χ4v) is 2.36. The quantitative estimate of drug-likeness (QED) is 0.805. The minimum atomic E-state index is -0.746. The molecule has 0 bridgehead atoms. The van der Waals surface area contributed by atoms with Crippen LogP contribution in [0.2, 0.25) is 5.02 Å². The molecule has 9 heteroatoms. The van der Waals surface area contributed by atoms with Gasteiger partial charge < -0.3 is 15.4 Å². The number of benzene rings is 1. The van der Waals surface area contributed by atoms with Gasteiger partial charge in [-0.05, 0) is 24.3 Å². The number of amides is 2. The van der Waals surface area contributed by atoms with Crippen LogP contribution in [0.5, 0.6) is 0 Å². The average Bonchev–Trinajstić information content (AvgIpc) is 2.95. The Morgan fingerprint density at radius 1 is 1.22 bits per heavy atom. The molecule has 23 heavy (non-hydrogen) atoms.